The third-order valence-electron chi connectivity index (χ3n) is 4.66. The molecule has 5 heteroatoms. The molecule has 3 rings (SSSR count). The summed E-state index contributed by atoms with van der Waals surface area (Å²) in [5, 5.41) is 21.3. The molecule has 2 N–H and O–H groups in total. The molecule has 25 heavy (non-hydrogen) atoms. The third kappa shape index (κ3) is 2.69. The Bertz CT molecular complexity index is 945. The zero-order chi connectivity index (χ0) is 18.6. The number of fused-ring (bicyclic) bond motifs is 3. The van der Waals surface area contributed by atoms with Crippen LogP contribution >= 0.6 is 0 Å². The Morgan fingerprint density at radius 2 is 2.04 bits per heavy atom. The molecular weight excluding hydrogens is 320 g/mol. The van der Waals surface area contributed by atoms with E-state index in [9.17, 15) is 15.0 Å². The molecule has 2 heterocycles. The van der Waals surface area contributed by atoms with Crippen LogP contribution in [-0.2, 0) is 5.41 Å². The summed E-state index contributed by atoms with van der Waals surface area (Å²) in [6.07, 6.45) is 1.95. The topological polar surface area (TPSA) is 79.9 Å². The van der Waals surface area contributed by atoms with Gasteiger partial charge >= 0.3 is 5.63 Å². The van der Waals surface area contributed by atoms with Gasteiger partial charge in [-0.25, -0.2) is 4.79 Å². The number of ether oxygens (including phenoxy) is 1. The molecule has 2 atom stereocenters. The van der Waals surface area contributed by atoms with Crippen molar-refractivity contribution in [2.75, 3.05) is 0 Å². The van der Waals surface area contributed by atoms with Crippen LogP contribution in [0.25, 0.3) is 11.0 Å². The van der Waals surface area contributed by atoms with Gasteiger partial charge in [0.2, 0.25) is 0 Å². The molecule has 5 nitrogen and oxygen atoms in total. The first kappa shape index (κ1) is 17.5. The molecule has 0 saturated heterocycles. The summed E-state index contributed by atoms with van der Waals surface area (Å²) in [6, 6.07) is 5.38. The predicted octanol–water partition coefficient (Wildman–Crippen LogP) is 2.95. The van der Waals surface area contributed by atoms with Crippen molar-refractivity contribution in [2.45, 2.75) is 44.8 Å². The molecule has 0 amide bonds. The molecule has 2 aromatic rings. The zero-order valence-corrected chi connectivity index (χ0v) is 14.8. The van der Waals surface area contributed by atoms with E-state index in [1.54, 1.807) is 31.2 Å². The van der Waals surface area contributed by atoms with Crippen LogP contribution in [0.1, 0.15) is 31.9 Å². The van der Waals surface area contributed by atoms with Crippen LogP contribution in [0.15, 0.2) is 51.9 Å². The van der Waals surface area contributed by atoms with Gasteiger partial charge in [0.25, 0.3) is 0 Å². The van der Waals surface area contributed by atoms with Crippen molar-refractivity contribution < 1.29 is 19.4 Å². The molecule has 0 aliphatic carbocycles. The quantitative estimate of drug-likeness (QED) is 0.662. The molecule has 1 aromatic carbocycles. The standard InChI is InChI=1S/C20H22O5/c1-6-20(5)10-13(17(21)19(3,4)23)24-16-14-11(2)8-7-9-12(14)25-18(22)15(16)20/h6-10,17,21,23H,1H2,2-5H3. The minimum atomic E-state index is -1.41. The van der Waals surface area contributed by atoms with E-state index in [-0.39, 0.29) is 5.76 Å². The SMILES string of the molecule is C=CC1(C)C=C(C(O)C(C)(C)O)Oc2c1c(=O)oc1cccc(C)c21. The van der Waals surface area contributed by atoms with Crippen LogP contribution in [0.5, 0.6) is 5.75 Å². The van der Waals surface area contributed by atoms with Crippen LogP contribution < -0.4 is 10.4 Å². The van der Waals surface area contributed by atoms with Crippen molar-refractivity contribution >= 4 is 11.0 Å². The average Bonchev–Trinajstić information content (AvgIpc) is 2.52. The van der Waals surface area contributed by atoms with Gasteiger partial charge in [0.15, 0.2) is 0 Å². The molecule has 1 aliphatic rings. The van der Waals surface area contributed by atoms with E-state index >= 15 is 0 Å². The largest absolute Gasteiger partial charge is 0.458 e. The lowest BCUT2D eigenvalue weighted by atomic mass is 9.79. The highest BCUT2D eigenvalue weighted by atomic mass is 16.5. The highest BCUT2D eigenvalue weighted by Crippen LogP contribution is 2.43. The monoisotopic (exact) mass is 342 g/mol. The van der Waals surface area contributed by atoms with E-state index in [4.69, 9.17) is 9.15 Å². The summed E-state index contributed by atoms with van der Waals surface area (Å²) >= 11 is 0. The van der Waals surface area contributed by atoms with Gasteiger partial charge < -0.3 is 19.4 Å². The molecule has 1 aliphatic heterocycles. The van der Waals surface area contributed by atoms with Gasteiger partial charge in [0.05, 0.1) is 16.6 Å². The molecule has 0 bridgehead atoms. The Morgan fingerprint density at radius 1 is 1.36 bits per heavy atom. The van der Waals surface area contributed by atoms with Crippen molar-refractivity contribution in [3.8, 4) is 5.75 Å². The van der Waals surface area contributed by atoms with E-state index in [1.165, 1.54) is 13.8 Å². The lowest BCUT2D eigenvalue weighted by Crippen LogP contribution is -2.42. The molecule has 1 aromatic heterocycles. The highest BCUT2D eigenvalue weighted by molar-refractivity contribution is 5.89. The summed E-state index contributed by atoms with van der Waals surface area (Å²) in [7, 11) is 0. The molecule has 0 spiro atoms. The Kier molecular flexibility index (Phi) is 3.89. The third-order valence-corrected chi connectivity index (χ3v) is 4.66. The van der Waals surface area contributed by atoms with Crippen LogP contribution in [0.2, 0.25) is 0 Å². The summed E-state index contributed by atoms with van der Waals surface area (Å²) in [5.41, 5.74) is -1.20. The molecule has 2 unspecified atom stereocenters. The summed E-state index contributed by atoms with van der Waals surface area (Å²) in [5.74, 6) is 0.519. The Morgan fingerprint density at radius 3 is 2.64 bits per heavy atom. The summed E-state index contributed by atoms with van der Waals surface area (Å²) < 4.78 is 11.4. The molecular formula is C20H22O5. The lowest BCUT2D eigenvalue weighted by molar-refractivity contribution is -0.0441. The normalized spacial score (nSPS) is 21.3. The maximum Gasteiger partial charge on any atom is 0.344 e. The van der Waals surface area contributed by atoms with Crippen molar-refractivity contribution in [1.29, 1.82) is 0 Å². The van der Waals surface area contributed by atoms with E-state index in [2.05, 4.69) is 6.58 Å². The van der Waals surface area contributed by atoms with Crippen molar-refractivity contribution in [2.24, 2.45) is 0 Å². The van der Waals surface area contributed by atoms with Gasteiger partial charge in [-0.05, 0) is 45.4 Å². The maximum atomic E-state index is 12.6. The lowest BCUT2D eigenvalue weighted by Gasteiger charge is -2.35. The van der Waals surface area contributed by atoms with Gasteiger partial charge in [-0.1, -0.05) is 18.2 Å². The van der Waals surface area contributed by atoms with Gasteiger partial charge in [0.1, 0.15) is 23.2 Å². The number of hydrogen-bond acceptors (Lipinski definition) is 5. The first-order valence-corrected chi connectivity index (χ1v) is 8.10. The number of aryl methyl sites for hydroxylation is 1. The summed E-state index contributed by atoms with van der Waals surface area (Å²) in [4.78, 5) is 12.6. The van der Waals surface area contributed by atoms with Gasteiger partial charge in [-0.15, -0.1) is 6.58 Å². The van der Waals surface area contributed by atoms with E-state index < -0.39 is 22.7 Å². The maximum absolute atomic E-state index is 12.6. The van der Waals surface area contributed by atoms with E-state index in [0.29, 0.717) is 22.3 Å². The number of aliphatic hydroxyl groups excluding tert-OH is 1. The van der Waals surface area contributed by atoms with Crippen molar-refractivity contribution in [3.63, 3.8) is 0 Å². The van der Waals surface area contributed by atoms with Crippen LogP contribution in [-0.4, -0.2) is 21.9 Å². The molecule has 0 saturated carbocycles. The number of rotatable bonds is 3. The first-order chi connectivity index (χ1) is 11.6. The van der Waals surface area contributed by atoms with E-state index in [1.807, 2.05) is 13.0 Å². The first-order valence-electron chi connectivity index (χ1n) is 8.10. The average molecular weight is 342 g/mol. The van der Waals surface area contributed by atoms with Crippen LogP contribution in [0.3, 0.4) is 0 Å². The molecule has 0 radical (unpaired) electrons. The summed E-state index contributed by atoms with van der Waals surface area (Å²) in [6.45, 7) is 10.5. The number of benzene rings is 1. The zero-order valence-electron chi connectivity index (χ0n) is 14.8. The smallest absolute Gasteiger partial charge is 0.344 e. The highest BCUT2D eigenvalue weighted by Gasteiger charge is 2.40. The van der Waals surface area contributed by atoms with Crippen LogP contribution in [0, 0.1) is 6.92 Å². The number of allylic oxidation sites excluding steroid dienone is 2. The second-order valence-corrected chi connectivity index (χ2v) is 7.23. The van der Waals surface area contributed by atoms with Gasteiger partial charge in [0, 0.05) is 5.41 Å². The predicted molar refractivity (Wildman–Crippen MR) is 95.8 cm³/mol. The Labute approximate surface area is 145 Å². The minimum Gasteiger partial charge on any atom is -0.458 e. The van der Waals surface area contributed by atoms with Crippen molar-refractivity contribution in [3.05, 3.63) is 64.2 Å². The van der Waals surface area contributed by atoms with E-state index in [0.717, 1.165) is 5.56 Å². The number of aliphatic hydroxyl groups is 2. The Balaban J connectivity index is 2.36. The van der Waals surface area contributed by atoms with Gasteiger partial charge in [-0.3, -0.25) is 0 Å². The molecule has 132 valence electrons. The fraction of sp³-hybridized carbons (Fsp3) is 0.350. The van der Waals surface area contributed by atoms with Crippen LogP contribution in [0.4, 0.5) is 0 Å². The second-order valence-electron chi connectivity index (χ2n) is 7.23. The number of hydrogen-bond donors (Lipinski definition) is 2. The van der Waals surface area contributed by atoms with Crippen molar-refractivity contribution in [1.82, 2.24) is 0 Å². The van der Waals surface area contributed by atoms with Gasteiger partial charge in [-0.2, -0.15) is 0 Å². The second kappa shape index (κ2) is 5.58. The minimum absolute atomic E-state index is 0.178. The fourth-order valence-electron chi connectivity index (χ4n) is 3.11. The fourth-order valence-corrected chi connectivity index (χ4v) is 3.11. The molecule has 0 fully saturated rings. The Hall–Kier alpha value is -2.37.